The highest BCUT2D eigenvalue weighted by Crippen LogP contribution is 2.37. The van der Waals surface area contributed by atoms with Gasteiger partial charge in [-0.3, -0.25) is 9.59 Å². The van der Waals surface area contributed by atoms with Crippen LogP contribution in [0.2, 0.25) is 0 Å². The molecule has 3 unspecified atom stereocenters. The molecule has 5 heteroatoms. The first-order valence-corrected chi connectivity index (χ1v) is 13.0. The molecule has 0 aromatic heterocycles. The maximum Gasteiger partial charge on any atom is 0.303 e. The van der Waals surface area contributed by atoms with Crippen molar-refractivity contribution in [1.29, 1.82) is 0 Å². The number of thioether (sulfide) groups is 1. The van der Waals surface area contributed by atoms with Crippen LogP contribution in [0.5, 0.6) is 0 Å². The smallest absolute Gasteiger partial charge is 0.303 e. The van der Waals surface area contributed by atoms with Crippen molar-refractivity contribution in [2.45, 2.75) is 101 Å². The Kier molecular flexibility index (Phi) is 11.7. The molecule has 1 aliphatic carbocycles. The Bertz CT molecular complexity index is 659. The summed E-state index contributed by atoms with van der Waals surface area (Å²) in [6.45, 7) is 1.94. The summed E-state index contributed by atoms with van der Waals surface area (Å²) in [6.07, 6.45) is 11.6. The van der Waals surface area contributed by atoms with E-state index in [9.17, 15) is 14.7 Å². The van der Waals surface area contributed by atoms with E-state index >= 15 is 0 Å². The molecule has 0 saturated heterocycles. The van der Waals surface area contributed by atoms with E-state index in [4.69, 9.17) is 5.11 Å². The second kappa shape index (κ2) is 13.9. The first-order chi connectivity index (χ1) is 14.9. The van der Waals surface area contributed by atoms with Crippen molar-refractivity contribution in [3.05, 3.63) is 35.9 Å². The van der Waals surface area contributed by atoms with E-state index in [1.807, 2.05) is 13.0 Å². The molecule has 1 aromatic carbocycles. The van der Waals surface area contributed by atoms with E-state index in [1.165, 1.54) is 5.56 Å². The molecular formula is C26H40O4S. The van der Waals surface area contributed by atoms with Crippen molar-refractivity contribution in [2.75, 3.05) is 5.75 Å². The minimum Gasteiger partial charge on any atom is -0.481 e. The monoisotopic (exact) mass is 448 g/mol. The van der Waals surface area contributed by atoms with Crippen LogP contribution in [0.4, 0.5) is 0 Å². The van der Waals surface area contributed by atoms with Crippen molar-refractivity contribution in [3.63, 3.8) is 0 Å². The molecule has 174 valence electrons. The second-order valence-electron chi connectivity index (χ2n) is 9.35. The van der Waals surface area contributed by atoms with Gasteiger partial charge in [0.05, 0.1) is 5.60 Å². The number of rotatable bonds is 16. The average Bonchev–Trinajstić information content (AvgIpc) is 3.09. The van der Waals surface area contributed by atoms with Gasteiger partial charge in [-0.25, -0.2) is 0 Å². The zero-order chi connectivity index (χ0) is 22.5. The molecule has 0 aliphatic heterocycles. The first-order valence-electron chi connectivity index (χ1n) is 12.0. The number of hydrogen-bond donors (Lipinski definition) is 2. The molecule has 2 rings (SSSR count). The molecule has 0 spiro atoms. The minimum absolute atomic E-state index is 0.117. The number of benzene rings is 1. The summed E-state index contributed by atoms with van der Waals surface area (Å²) < 4.78 is 0. The topological polar surface area (TPSA) is 74.6 Å². The van der Waals surface area contributed by atoms with E-state index in [2.05, 4.69) is 24.3 Å². The summed E-state index contributed by atoms with van der Waals surface area (Å²) in [6, 6.07) is 10.5. The van der Waals surface area contributed by atoms with Crippen LogP contribution in [0, 0.1) is 5.92 Å². The van der Waals surface area contributed by atoms with Gasteiger partial charge in [0, 0.05) is 29.8 Å². The number of aliphatic hydroxyl groups is 1. The molecule has 31 heavy (non-hydrogen) atoms. The summed E-state index contributed by atoms with van der Waals surface area (Å²) in [5.74, 6) is 0.457. The average molecular weight is 449 g/mol. The highest BCUT2D eigenvalue weighted by Gasteiger charge is 2.35. The predicted molar refractivity (Wildman–Crippen MR) is 129 cm³/mol. The number of carboxylic acids is 1. The van der Waals surface area contributed by atoms with Crippen LogP contribution in [0.25, 0.3) is 0 Å². The van der Waals surface area contributed by atoms with Crippen LogP contribution < -0.4 is 0 Å². The van der Waals surface area contributed by atoms with Crippen molar-refractivity contribution in [3.8, 4) is 0 Å². The number of aliphatic carboxylic acids is 1. The van der Waals surface area contributed by atoms with Crippen LogP contribution in [-0.4, -0.2) is 38.6 Å². The SMILES string of the molecule is CC(O)(CCCCCc1ccccc1)CSC1CCC(=O)C1CCCCCCC(=O)O. The number of unbranched alkanes of at least 4 members (excludes halogenated alkanes) is 5. The van der Waals surface area contributed by atoms with Crippen LogP contribution in [0.15, 0.2) is 30.3 Å². The van der Waals surface area contributed by atoms with Gasteiger partial charge in [0.1, 0.15) is 5.78 Å². The lowest BCUT2D eigenvalue weighted by Crippen LogP contribution is -2.29. The summed E-state index contributed by atoms with van der Waals surface area (Å²) in [5.41, 5.74) is 0.702. The van der Waals surface area contributed by atoms with Crippen molar-refractivity contribution in [2.24, 2.45) is 5.92 Å². The molecule has 1 fully saturated rings. The van der Waals surface area contributed by atoms with Crippen LogP contribution >= 0.6 is 11.8 Å². The third kappa shape index (κ3) is 10.7. The predicted octanol–water partition coefficient (Wildman–Crippen LogP) is 6.05. The molecule has 1 aliphatic rings. The summed E-state index contributed by atoms with van der Waals surface area (Å²) in [5, 5.41) is 19.8. The lowest BCUT2D eigenvalue weighted by Gasteiger charge is -2.26. The lowest BCUT2D eigenvalue weighted by atomic mass is 9.98. The second-order valence-corrected chi connectivity index (χ2v) is 10.6. The van der Waals surface area contributed by atoms with Crippen LogP contribution in [-0.2, 0) is 16.0 Å². The third-order valence-electron chi connectivity index (χ3n) is 6.33. The van der Waals surface area contributed by atoms with Gasteiger partial charge in [0.25, 0.3) is 0 Å². The molecule has 0 amide bonds. The van der Waals surface area contributed by atoms with Crippen LogP contribution in [0.3, 0.4) is 0 Å². The van der Waals surface area contributed by atoms with E-state index in [-0.39, 0.29) is 12.3 Å². The Balaban J connectivity index is 1.61. The van der Waals surface area contributed by atoms with Gasteiger partial charge in [0.2, 0.25) is 0 Å². The number of carbonyl (C=O) groups excluding carboxylic acids is 1. The van der Waals surface area contributed by atoms with Gasteiger partial charge >= 0.3 is 5.97 Å². The summed E-state index contributed by atoms with van der Waals surface area (Å²) in [7, 11) is 0. The Morgan fingerprint density at radius 2 is 1.77 bits per heavy atom. The molecule has 0 radical (unpaired) electrons. The highest BCUT2D eigenvalue weighted by molar-refractivity contribution is 8.00. The molecule has 2 N–H and O–H groups in total. The normalized spacial score (nSPS) is 20.6. The number of Topliss-reactive ketones (excluding diaryl/α,β-unsaturated/α-hetero) is 1. The Hall–Kier alpha value is -1.33. The highest BCUT2D eigenvalue weighted by atomic mass is 32.2. The van der Waals surface area contributed by atoms with Gasteiger partial charge in [-0.05, 0) is 51.0 Å². The van der Waals surface area contributed by atoms with E-state index in [0.29, 0.717) is 23.2 Å². The van der Waals surface area contributed by atoms with E-state index in [0.717, 1.165) is 70.6 Å². The molecule has 4 nitrogen and oxygen atoms in total. The lowest BCUT2D eigenvalue weighted by molar-refractivity contribution is -0.137. The van der Waals surface area contributed by atoms with Gasteiger partial charge < -0.3 is 10.2 Å². The molecule has 1 saturated carbocycles. The standard InChI is InChI=1S/C26H40O4S/c1-26(30,19-11-5-8-14-21-12-6-4-7-13-21)20-31-24-18-17-23(27)22(24)15-9-2-3-10-16-25(28)29/h4,6-7,12-13,22,24,30H,2-3,5,8-11,14-20H2,1H3,(H,28,29). The van der Waals surface area contributed by atoms with Crippen LogP contribution in [0.1, 0.15) is 89.5 Å². The number of carboxylic acid groups (broad SMARTS) is 1. The fourth-order valence-corrected chi connectivity index (χ4v) is 5.96. The van der Waals surface area contributed by atoms with E-state index < -0.39 is 11.6 Å². The van der Waals surface area contributed by atoms with Gasteiger partial charge in [-0.15, -0.1) is 0 Å². The molecule has 1 aromatic rings. The Morgan fingerprint density at radius 1 is 1.06 bits per heavy atom. The zero-order valence-electron chi connectivity index (χ0n) is 19.1. The number of hydrogen-bond acceptors (Lipinski definition) is 4. The molecular weight excluding hydrogens is 408 g/mol. The number of ketones is 1. The number of aryl methyl sites for hydroxylation is 1. The van der Waals surface area contributed by atoms with Crippen molar-refractivity contribution in [1.82, 2.24) is 0 Å². The first kappa shape index (κ1) is 25.9. The maximum absolute atomic E-state index is 12.3. The van der Waals surface area contributed by atoms with Gasteiger partial charge in [0.15, 0.2) is 0 Å². The fourth-order valence-electron chi connectivity index (χ4n) is 4.43. The third-order valence-corrected chi connectivity index (χ3v) is 8.11. The fraction of sp³-hybridized carbons (Fsp3) is 0.692. The summed E-state index contributed by atoms with van der Waals surface area (Å²) in [4.78, 5) is 22.9. The molecule has 0 bridgehead atoms. The van der Waals surface area contributed by atoms with Crippen molar-refractivity contribution >= 4 is 23.5 Å². The zero-order valence-corrected chi connectivity index (χ0v) is 19.9. The van der Waals surface area contributed by atoms with Gasteiger partial charge in [-0.1, -0.05) is 62.4 Å². The van der Waals surface area contributed by atoms with Gasteiger partial charge in [-0.2, -0.15) is 11.8 Å². The van der Waals surface area contributed by atoms with Crippen molar-refractivity contribution < 1.29 is 19.8 Å². The Morgan fingerprint density at radius 3 is 2.52 bits per heavy atom. The Labute approximate surface area is 192 Å². The van der Waals surface area contributed by atoms with E-state index in [1.54, 1.807) is 11.8 Å². The maximum atomic E-state index is 12.3. The molecule has 0 heterocycles. The quantitative estimate of drug-likeness (QED) is 0.301. The largest absolute Gasteiger partial charge is 0.481 e. The number of carbonyl (C=O) groups is 2. The molecule has 3 atom stereocenters. The minimum atomic E-state index is -0.731. The summed E-state index contributed by atoms with van der Waals surface area (Å²) >= 11 is 1.79.